The summed E-state index contributed by atoms with van der Waals surface area (Å²) in [4.78, 5) is 12.8. The Morgan fingerprint density at radius 2 is 1.74 bits per heavy atom. The highest BCUT2D eigenvalue weighted by atomic mass is 16.7. The average Bonchev–Trinajstić information content (AvgIpc) is 3.03. The first-order valence-corrected chi connectivity index (χ1v) is 15.7. The van der Waals surface area contributed by atoms with E-state index < -0.39 is 92.0 Å². The van der Waals surface area contributed by atoms with E-state index in [1.807, 2.05) is 6.07 Å². The maximum absolute atomic E-state index is 12.8. The second-order valence-corrected chi connectivity index (χ2v) is 12.3. The molecule has 1 saturated carbocycles. The van der Waals surface area contributed by atoms with Gasteiger partial charge in [-0.3, -0.25) is 4.79 Å². The van der Waals surface area contributed by atoms with Gasteiger partial charge in [0.1, 0.15) is 42.7 Å². The van der Waals surface area contributed by atoms with E-state index in [4.69, 9.17) is 47.6 Å². The topological polar surface area (TPSA) is 309 Å². The zero-order chi connectivity index (χ0) is 33.5. The van der Waals surface area contributed by atoms with Crippen LogP contribution in [0.15, 0.2) is 24.3 Å². The predicted octanol–water partition coefficient (Wildman–Crippen LogP) is -4.99. The minimum Gasteiger partial charge on any atom is -0.399 e. The number of aliphatic hydroxyl groups excluding tert-OH is 5. The van der Waals surface area contributed by atoms with Crippen molar-refractivity contribution in [3.8, 4) is 0 Å². The van der Waals surface area contributed by atoms with Gasteiger partial charge in [0, 0.05) is 24.8 Å². The maximum atomic E-state index is 12.8. The van der Waals surface area contributed by atoms with E-state index in [1.54, 1.807) is 18.2 Å². The van der Waals surface area contributed by atoms with E-state index in [0.29, 0.717) is 18.5 Å². The number of benzene rings is 1. The lowest BCUT2D eigenvalue weighted by Gasteiger charge is -2.49. The van der Waals surface area contributed by atoms with Crippen LogP contribution in [-0.4, -0.2) is 137 Å². The molecule has 17 N–H and O–H groups in total. The van der Waals surface area contributed by atoms with Crippen molar-refractivity contribution in [3.63, 3.8) is 0 Å². The molecule has 0 radical (unpaired) electrons. The first kappa shape index (κ1) is 36.8. The fourth-order valence-corrected chi connectivity index (χ4v) is 6.17. The van der Waals surface area contributed by atoms with Gasteiger partial charge in [0.15, 0.2) is 12.6 Å². The van der Waals surface area contributed by atoms with Crippen LogP contribution < -0.4 is 39.3 Å². The summed E-state index contributed by atoms with van der Waals surface area (Å²) in [5, 5.41) is 59.9. The van der Waals surface area contributed by atoms with Crippen LogP contribution in [0, 0.1) is 0 Å². The van der Waals surface area contributed by atoms with Crippen molar-refractivity contribution in [2.24, 2.45) is 22.9 Å². The number of anilines is 1. The van der Waals surface area contributed by atoms with Gasteiger partial charge < -0.3 is 83.8 Å². The molecule has 46 heavy (non-hydrogen) atoms. The van der Waals surface area contributed by atoms with E-state index in [2.05, 4.69) is 10.6 Å². The highest BCUT2D eigenvalue weighted by Crippen LogP contribution is 2.32. The lowest BCUT2D eigenvalue weighted by atomic mass is 9.83. The van der Waals surface area contributed by atoms with Crippen LogP contribution in [0.2, 0.25) is 0 Å². The van der Waals surface area contributed by atoms with Crippen molar-refractivity contribution >= 4 is 11.6 Å². The molecular formula is C29H51N7O10. The molecule has 262 valence electrons. The minimum atomic E-state index is -1.52. The molecule has 4 rings (SSSR count). The Balaban J connectivity index is 1.56. The number of amides is 1. The van der Waals surface area contributed by atoms with E-state index in [1.165, 1.54) is 0 Å². The van der Waals surface area contributed by atoms with Gasteiger partial charge in [0.25, 0.3) is 0 Å². The fourth-order valence-electron chi connectivity index (χ4n) is 6.17. The van der Waals surface area contributed by atoms with Gasteiger partial charge in [-0.05, 0) is 49.9 Å². The van der Waals surface area contributed by atoms with Crippen LogP contribution in [0.4, 0.5) is 5.69 Å². The molecule has 2 saturated heterocycles. The van der Waals surface area contributed by atoms with Crippen molar-refractivity contribution < 1.29 is 49.3 Å². The molecule has 14 atom stereocenters. The third kappa shape index (κ3) is 8.88. The van der Waals surface area contributed by atoms with Crippen LogP contribution >= 0.6 is 0 Å². The number of hydrogen-bond donors (Lipinski definition) is 12. The Labute approximate surface area is 267 Å². The Hall–Kier alpha value is -2.07. The van der Waals surface area contributed by atoms with Gasteiger partial charge in [0.2, 0.25) is 5.91 Å². The number of hydrogen-bond acceptors (Lipinski definition) is 16. The molecule has 1 aromatic rings. The molecule has 2 aliphatic heterocycles. The number of ether oxygens (including phenoxy) is 4. The molecule has 1 amide bonds. The summed E-state index contributed by atoms with van der Waals surface area (Å²) >= 11 is 0. The summed E-state index contributed by atoms with van der Waals surface area (Å²) in [7, 11) is 0. The number of carbonyl (C=O) groups is 1. The molecule has 0 spiro atoms. The van der Waals surface area contributed by atoms with E-state index in [9.17, 15) is 30.3 Å². The monoisotopic (exact) mass is 657 g/mol. The van der Waals surface area contributed by atoms with Gasteiger partial charge in [-0.2, -0.15) is 0 Å². The number of nitrogens with one attached hydrogen (secondary N) is 2. The van der Waals surface area contributed by atoms with E-state index >= 15 is 0 Å². The van der Waals surface area contributed by atoms with Gasteiger partial charge in [-0.1, -0.05) is 12.1 Å². The fraction of sp³-hybridized carbons (Fsp3) is 0.759. The summed E-state index contributed by atoms with van der Waals surface area (Å²) in [6.07, 6.45) is -10.9. The summed E-state index contributed by atoms with van der Waals surface area (Å²) in [5.41, 5.74) is 31.2. The molecule has 6 unspecified atom stereocenters. The van der Waals surface area contributed by atoms with Gasteiger partial charge in [-0.15, -0.1) is 0 Å². The summed E-state index contributed by atoms with van der Waals surface area (Å²) in [6.45, 7) is -0.106. The quantitative estimate of drug-likeness (QED) is 0.0884. The van der Waals surface area contributed by atoms with Crippen molar-refractivity contribution in [2.45, 2.75) is 118 Å². The second kappa shape index (κ2) is 16.8. The van der Waals surface area contributed by atoms with Gasteiger partial charge in [-0.25, -0.2) is 0 Å². The molecule has 0 aromatic heterocycles. The predicted molar refractivity (Wildman–Crippen MR) is 164 cm³/mol. The van der Waals surface area contributed by atoms with Crippen molar-refractivity contribution in [1.82, 2.24) is 10.6 Å². The lowest BCUT2D eigenvalue weighted by molar-refractivity contribution is -0.316. The molecule has 17 nitrogen and oxygen atoms in total. The second-order valence-electron chi connectivity index (χ2n) is 12.3. The minimum absolute atomic E-state index is 0.00936. The Morgan fingerprint density at radius 3 is 2.41 bits per heavy atom. The van der Waals surface area contributed by atoms with Crippen molar-refractivity contribution in [3.05, 3.63) is 29.8 Å². The molecule has 2 heterocycles. The van der Waals surface area contributed by atoms with Crippen molar-refractivity contribution in [1.29, 1.82) is 0 Å². The van der Waals surface area contributed by atoms with E-state index in [-0.39, 0.29) is 38.6 Å². The zero-order valence-corrected chi connectivity index (χ0v) is 25.7. The molecule has 3 aliphatic rings. The summed E-state index contributed by atoms with van der Waals surface area (Å²) in [5.74, 6) is -0.762. The summed E-state index contributed by atoms with van der Waals surface area (Å²) in [6, 6.07) is 3.62. The first-order chi connectivity index (χ1) is 22.0. The third-order valence-electron chi connectivity index (χ3n) is 8.81. The number of aliphatic hydroxyl groups is 5. The first-order valence-electron chi connectivity index (χ1n) is 15.7. The number of rotatable bonds is 13. The van der Waals surface area contributed by atoms with Crippen LogP contribution in [0.1, 0.15) is 31.2 Å². The van der Waals surface area contributed by atoms with Crippen LogP contribution in [0.25, 0.3) is 0 Å². The standard InChI is InChI=1S/C29H51N7O10/c30-7-6-19(38)27(42)36-18-9-17(34)25(45-28-16(33)5-4-15(10-31)43-28)24(41)26(18)46-29-23(40)21(22(39)20(12-37)44-29)35-11-13-2-1-3-14(32)8-13/h1-3,8,15-26,28-29,35,37-41H,4-7,9-12,30-34H2,(H,36,42)/t15?,16?,17-,18+,19-,20?,21-,22-,23?,24?,25?,26+,28-,29-/m0/s1. The number of nitrogens with two attached hydrogens (primary N) is 5. The largest absolute Gasteiger partial charge is 0.399 e. The SMILES string of the molecule is NCC[C@H](O)C(=O)N[C@@H]1C[C@H](N)C(O[C@@H]2OC(CN)CCC2N)C(O)[C@@H]1O[C@@H]1OC(CO)[C@H](O)[C@H](NCc2cccc(N)c2)C1O. The zero-order valence-electron chi connectivity index (χ0n) is 25.7. The number of nitrogen functional groups attached to an aromatic ring is 1. The highest BCUT2D eigenvalue weighted by molar-refractivity contribution is 5.80. The summed E-state index contributed by atoms with van der Waals surface area (Å²) < 4.78 is 23.9. The highest BCUT2D eigenvalue weighted by Gasteiger charge is 2.51. The Kier molecular flexibility index (Phi) is 13.5. The lowest BCUT2D eigenvalue weighted by Crippen LogP contribution is -2.69. The van der Waals surface area contributed by atoms with Crippen LogP contribution in [0.3, 0.4) is 0 Å². The van der Waals surface area contributed by atoms with E-state index in [0.717, 1.165) is 5.56 Å². The average molecular weight is 658 g/mol. The maximum Gasteiger partial charge on any atom is 0.249 e. The smallest absolute Gasteiger partial charge is 0.249 e. The molecule has 1 aromatic carbocycles. The van der Waals surface area contributed by atoms with Gasteiger partial charge >= 0.3 is 0 Å². The van der Waals surface area contributed by atoms with Crippen molar-refractivity contribution in [2.75, 3.05) is 25.4 Å². The molecule has 1 aliphatic carbocycles. The third-order valence-corrected chi connectivity index (χ3v) is 8.81. The number of carbonyl (C=O) groups excluding carboxylic acids is 1. The Morgan fingerprint density at radius 1 is 1.00 bits per heavy atom. The normalized spacial score (nSPS) is 39.1. The molecular weight excluding hydrogens is 606 g/mol. The van der Waals surface area contributed by atoms with Crippen LogP contribution in [-0.2, 0) is 30.3 Å². The van der Waals surface area contributed by atoms with Crippen LogP contribution in [0.5, 0.6) is 0 Å². The van der Waals surface area contributed by atoms with Gasteiger partial charge in [0.05, 0.1) is 30.8 Å². The Bertz CT molecular complexity index is 1110. The molecule has 17 heteroatoms. The molecule has 0 bridgehead atoms. The molecule has 3 fully saturated rings.